The lowest BCUT2D eigenvalue weighted by atomic mass is 10.1. The van der Waals surface area contributed by atoms with Crippen LogP contribution in [0.25, 0.3) is 10.8 Å². The summed E-state index contributed by atoms with van der Waals surface area (Å²) in [5.74, 6) is 1.41. The zero-order chi connectivity index (χ0) is 18.5. The Kier molecular flexibility index (Phi) is 5.27. The highest BCUT2D eigenvalue weighted by Gasteiger charge is 2.15. The van der Waals surface area contributed by atoms with Gasteiger partial charge in [0, 0.05) is 10.9 Å². The average Bonchev–Trinajstić information content (AvgIpc) is 2.67. The van der Waals surface area contributed by atoms with Crippen LogP contribution in [0.15, 0.2) is 60.7 Å². The Labute approximate surface area is 152 Å². The van der Waals surface area contributed by atoms with Gasteiger partial charge in [-0.25, -0.2) is 4.79 Å². The molecule has 0 saturated heterocycles. The molecule has 3 aromatic rings. The van der Waals surface area contributed by atoms with Gasteiger partial charge in [-0.05, 0) is 36.6 Å². The van der Waals surface area contributed by atoms with E-state index in [1.807, 2.05) is 67.6 Å². The molecule has 0 saturated carbocycles. The quantitative estimate of drug-likeness (QED) is 0.699. The Morgan fingerprint density at radius 2 is 1.73 bits per heavy atom. The highest BCUT2D eigenvalue weighted by molar-refractivity contribution is 6.01. The molecule has 0 fully saturated rings. The first kappa shape index (κ1) is 17.6. The Morgan fingerprint density at radius 1 is 0.962 bits per heavy atom. The number of hydrogen-bond donors (Lipinski definition) is 2. The fourth-order valence-corrected chi connectivity index (χ4v) is 2.94. The minimum Gasteiger partial charge on any atom is -0.497 e. The molecule has 0 aromatic heterocycles. The average molecular weight is 350 g/mol. The van der Waals surface area contributed by atoms with Crippen LogP contribution >= 0.6 is 0 Å². The molecule has 134 valence electrons. The number of carbonyl (C=O) groups excluding carboxylic acids is 1. The van der Waals surface area contributed by atoms with Gasteiger partial charge in [-0.3, -0.25) is 0 Å². The van der Waals surface area contributed by atoms with Crippen molar-refractivity contribution < 1.29 is 14.3 Å². The summed E-state index contributed by atoms with van der Waals surface area (Å²) in [7, 11) is 3.21. The number of amides is 2. The molecule has 0 aliphatic rings. The van der Waals surface area contributed by atoms with E-state index in [0.717, 1.165) is 22.0 Å². The Morgan fingerprint density at radius 3 is 2.50 bits per heavy atom. The summed E-state index contributed by atoms with van der Waals surface area (Å²) in [5, 5.41) is 7.95. The zero-order valence-electron chi connectivity index (χ0n) is 15.1. The van der Waals surface area contributed by atoms with Crippen molar-refractivity contribution in [2.75, 3.05) is 19.5 Å². The molecule has 3 aromatic carbocycles. The van der Waals surface area contributed by atoms with E-state index in [4.69, 9.17) is 9.47 Å². The lowest BCUT2D eigenvalue weighted by Gasteiger charge is -2.19. The number of methoxy groups -OCH3 is 2. The first-order valence-electron chi connectivity index (χ1n) is 8.39. The van der Waals surface area contributed by atoms with Gasteiger partial charge in [-0.2, -0.15) is 0 Å². The van der Waals surface area contributed by atoms with Gasteiger partial charge < -0.3 is 20.1 Å². The predicted molar refractivity (Wildman–Crippen MR) is 104 cm³/mol. The van der Waals surface area contributed by atoms with Crippen molar-refractivity contribution in [2.45, 2.75) is 13.0 Å². The summed E-state index contributed by atoms with van der Waals surface area (Å²) >= 11 is 0. The molecule has 0 aliphatic heterocycles. The Hall–Kier alpha value is -3.21. The third kappa shape index (κ3) is 3.72. The second kappa shape index (κ2) is 7.78. The van der Waals surface area contributed by atoms with Crippen LogP contribution in [0.5, 0.6) is 11.5 Å². The summed E-state index contributed by atoms with van der Waals surface area (Å²) in [5.41, 5.74) is 1.62. The van der Waals surface area contributed by atoms with Crippen LogP contribution in [0.3, 0.4) is 0 Å². The van der Waals surface area contributed by atoms with E-state index >= 15 is 0 Å². The first-order valence-corrected chi connectivity index (χ1v) is 8.39. The highest BCUT2D eigenvalue weighted by Crippen LogP contribution is 2.29. The minimum absolute atomic E-state index is 0.255. The molecule has 0 unspecified atom stereocenters. The second-order valence-electron chi connectivity index (χ2n) is 5.95. The van der Waals surface area contributed by atoms with Crippen LogP contribution in [0.4, 0.5) is 10.5 Å². The smallest absolute Gasteiger partial charge is 0.319 e. The molecule has 2 N–H and O–H groups in total. The summed E-state index contributed by atoms with van der Waals surface area (Å²) in [4.78, 5) is 12.5. The van der Waals surface area contributed by atoms with E-state index in [1.54, 1.807) is 14.2 Å². The van der Waals surface area contributed by atoms with Crippen LogP contribution < -0.4 is 20.1 Å². The maximum atomic E-state index is 12.5. The number of urea groups is 1. The van der Waals surface area contributed by atoms with Crippen LogP contribution in [0.2, 0.25) is 0 Å². The zero-order valence-corrected chi connectivity index (χ0v) is 15.1. The standard InChI is InChI=1S/C21H22N2O3/c1-14(18-13-16(25-2)11-12-20(18)26-3)22-21(24)23-19-10-6-8-15-7-4-5-9-17(15)19/h4-14H,1-3H3,(H2,22,23,24)/t14-/m1/s1. The molecule has 0 bridgehead atoms. The lowest BCUT2D eigenvalue weighted by Crippen LogP contribution is -2.31. The summed E-state index contributed by atoms with van der Waals surface area (Å²) in [6.07, 6.45) is 0. The van der Waals surface area contributed by atoms with Gasteiger partial charge in [0.2, 0.25) is 0 Å². The van der Waals surface area contributed by atoms with Gasteiger partial charge in [0.25, 0.3) is 0 Å². The summed E-state index contributed by atoms with van der Waals surface area (Å²) < 4.78 is 10.7. The molecule has 0 heterocycles. The molecule has 0 spiro atoms. The van der Waals surface area contributed by atoms with Gasteiger partial charge >= 0.3 is 6.03 Å². The van der Waals surface area contributed by atoms with E-state index in [2.05, 4.69) is 10.6 Å². The van der Waals surface area contributed by atoms with Gasteiger partial charge in [0.1, 0.15) is 11.5 Å². The Bertz CT molecular complexity index is 919. The third-order valence-corrected chi connectivity index (χ3v) is 4.29. The van der Waals surface area contributed by atoms with Crippen molar-refractivity contribution in [3.63, 3.8) is 0 Å². The number of anilines is 1. The van der Waals surface area contributed by atoms with Crippen molar-refractivity contribution in [3.05, 3.63) is 66.2 Å². The van der Waals surface area contributed by atoms with E-state index in [1.165, 1.54) is 0 Å². The van der Waals surface area contributed by atoms with Crippen LogP contribution in [-0.4, -0.2) is 20.3 Å². The second-order valence-corrected chi connectivity index (χ2v) is 5.95. The van der Waals surface area contributed by atoms with Crippen LogP contribution in [0.1, 0.15) is 18.5 Å². The van der Waals surface area contributed by atoms with E-state index in [0.29, 0.717) is 11.5 Å². The number of ether oxygens (including phenoxy) is 2. The molecule has 5 heteroatoms. The number of carbonyl (C=O) groups is 1. The van der Waals surface area contributed by atoms with Crippen molar-refractivity contribution >= 4 is 22.5 Å². The van der Waals surface area contributed by atoms with Crippen molar-refractivity contribution in [1.29, 1.82) is 0 Å². The molecule has 0 radical (unpaired) electrons. The summed E-state index contributed by atoms with van der Waals surface area (Å²) in [6.45, 7) is 1.90. The fraction of sp³-hybridized carbons (Fsp3) is 0.190. The predicted octanol–water partition coefficient (Wildman–Crippen LogP) is 4.74. The maximum absolute atomic E-state index is 12.5. The first-order chi connectivity index (χ1) is 12.6. The Balaban J connectivity index is 1.77. The maximum Gasteiger partial charge on any atom is 0.319 e. The van der Waals surface area contributed by atoms with Gasteiger partial charge in [0.05, 0.1) is 25.9 Å². The van der Waals surface area contributed by atoms with Crippen molar-refractivity contribution in [2.24, 2.45) is 0 Å². The molecule has 3 rings (SSSR count). The molecule has 2 amide bonds. The minimum atomic E-state index is -0.279. The third-order valence-electron chi connectivity index (χ3n) is 4.29. The number of hydrogen-bond acceptors (Lipinski definition) is 3. The number of nitrogens with one attached hydrogen (secondary N) is 2. The topological polar surface area (TPSA) is 59.6 Å². The van der Waals surface area contributed by atoms with Crippen LogP contribution in [-0.2, 0) is 0 Å². The van der Waals surface area contributed by atoms with E-state index in [9.17, 15) is 4.79 Å². The van der Waals surface area contributed by atoms with E-state index in [-0.39, 0.29) is 12.1 Å². The van der Waals surface area contributed by atoms with Crippen molar-refractivity contribution in [1.82, 2.24) is 5.32 Å². The number of rotatable bonds is 5. The van der Waals surface area contributed by atoms with Gasteiger partial charge in [-0.15, -0.1) is 0 Å². The molecular weight excluding hydrogens is 328 g/mol. The molecule has 1 atom stereocenters. The SMILES string of the molecule is COc1ccc(OC)c([C@@H](C)NC(=O)Nc2cccc3ccccc23)c1. The number of benzene rings is 3. The van der Waals surface area contributed by atoms with Crippen molar-refractivity contribution in [3.8, 4) is 11.5 Å². The number of fused-ring (bicyclic) bond motifs is 1. The highest BCUT2D eigenvalue weighted by atomic mass is 16.5. The fourth-order valence-electron chi connectivity index (χ4n) is 2.94. The summed E-state index contributed by atoms with van der Waals surface area (Å²) in [6, 6.07) is 18.7. The molecule has 5 nitrogen and oxygen atoms in total. The molecule has 0 aliphatic carbocycles. The van der Waals surface area contributed by atoms with Crippen LogP contribution in [0, 0.1) is 0 Å². The van der Waals surface area contributed by atoms with Gasteiger partial charge in [0.15, 0.2) is 0 Å². The molecule has 26 heavy (non-hydrogen) atoms. The lowest BCUT2D eigenvalue weighted by molar-refractivity contribution is 0.249. The van der Waals surface area contributed by atoms with Gasteiger partial charge in [-0.1, -0.05) is 36.4 Å². The van der Waals surface area contributed by atoms with E-state index < -0.39 is 0 Å². The normalized spacial score (nSPS) is 11.7. The molecular formula is C21H22N2O3. The monoisotopic (exact) mass is 350 g/mol. The largest absolute Gasteiger partial charge is 0.497 e.